The molecule has 1 aliphatic heterocycles. The molecular weight excluding hydrogens is 216 g/mol. The van der Waals surface area contributed by atoms with Crippen LogP contribution in [0.3, 0.4) is 0 Å². The lowest BCUT2D eigenvalue weighted by atomic mass is 9.92. The van der Waals surface area contributed by atoms with Crippen molar-refractivity contribution in [2.24, 2.45) is 5.92 Å². The van der Waals surface area contributed by atoms with Crippen LogP contribution in [0.5, 0.6) is 0 Å². The van der Waals surface area contributed by atoms with Crippen LogP contribution in [0.1, 0.15) is 39.0 Å². The number of aliphatic hydroxyl groups is 1. The van der Waals surface area contributed by atoms with E-state index in [1.807, 2.05) is 6.92 Å². The number of aliphatic hydroxyl groups excluding tert-OH is 1. The Morgan fingerprint density at radius 1 is 1.35 bits per heavy atom. The van der Waals surface area contributed by atoms with Crippen LogP contribution in [-0.2, 0) is 4.79 Å². The molecule has 2 fully saturated rings. The molecule has 1 unspecified atom stereocenters. The van der Waals surface area contributed by atoms with Gasteiger partial charge in [-0.2, -0.15) is 0 Å². The summed E-state index contributed by atoms with van der Waals surface area (Å²) in [7, 11) is 0. The van der Waals surface area contributed by atoms with Gasteiger partial charge in [-0.25, -0.2) is 0 Å². The predicted molar refractivity (Wildman–Crippen MR) is 66.6 cm³/mol. The largest absolute Gasteiger partial charge is 0.393 e. The minimum Gasteiger partial charge on any atom is -0.393 e. The molecule has 1 saturated carbocycles. The number of hydrogen-bond acceptors (Lipinski definition) is 3. The van der Waals surface area contributed by atoms with E-state index in [4.69, 9.17) is 0 Å². The van der Waals surface area contributed by atoms with Crippen LogP contribution in [0, 0.1) is 5.92 Å². The summed E-state index contributed by atoms with van der Waals surface area (Å²) in [5.41, 5.74) is 0. The third kappa shape index (κ3) is 4.28. The zero-order valence-corrected chi connectivity index (χ0v) is 10.7. The van der Waals surface area contributed by atoms with Crippen LogP contribution < -0.4 is 5.32 Å². The maximum absolute atomic E-state index is 11.5. The molecule has 4 nitrogen and oxygen atoms in total. The van der Waals surface area contributed by atoms with Crippen molar-refractivity contribution in [1.29, 1.82) is 0 Å². The number of carbonyl (C=O) groups excluding carboxylic acids is 1. The number of piperidine rings is 1. The number of rotatable bonds is 5. The first-order valence-corrected chi connectivity index (χ1v) is 6.85. The quantitative estimate of drug-likeness (QED) is 0.745. The van der Waals surface area contributed by atoms with E-state index in [2.05, 4.69) is 10.2 Å². The molecule has 17 heavy (non-hydrogen) atoms. The van der Waals surface area contributed by atoms with Crippen molar-refractivity contribution >= 4 is 5.91 Å². The molecule has 0 spiro atoms. The van der Waals surface area contributed by atoms with E-state index in [1.165, 1.54) is 0 Å². The lowest BCUT2D eigenvalue weighted by Crippen LogP contribution is -2.39. The Morgan fingerprint density at radius 2 is 2.00 bits per heavy atom. The first kappa shape index (κ1) is 12.8. The fraction of sp³-hybridized carbons (Fsp3) is 0.923. The molecule has 0 aromatic rings. The van der Waals surface area contributed by atoms with Gasteiger partial charge in [-0.3, -0.25) is 4.79 Å². The van der Waals surface area contributed by atoms with E-state index >= 15 is 0 Å². The minimum atomic E-state index is -0.185. The number of carbonyl (C=O) groups is 1. The van der Waals surface area contributed by atoms with Gasteiger partial charge < -0.3 is 15.3 Å². The maximum atomic E-state index is 11.5. The lowest BCUT2D eigenvalue weighted by Gasteiger charge is -2.33. The van der Waals surface area contributed by atoms with Gasteiger partial charge in [0.15, 0.2) is 0 Å². The molecule has 0 radical (unpaired) electrons. The van der Waals surface area contributed by atoms with E-state index in [1.54, 1.807) is 0 Å². The summed E-state index contributed by atoms with van der Waals surface area (Å²) in [6.45, 7) is 4.78. The van der Waals surface area contributed by atoms with E-state index in [0.717, 1.165) is 45.3 Å². The van der Waals surface area contributed by atoms with Gasteiger partial charge in [-0.1, -0.05) is 0 Å². The fourth-order valence-electron chi connectivity index (χ4n) is 2.45. The van der Waals surface area contributed by atoms with Crippen molar-refractivity contribution in [3.63, 3.8) is 0 Å². The number of nitrogens with zero attached hydrogens (tertiary/aromatic N) is 1. The van der Waals surface area contributed by atoms with Crippen LogP contribution in [0.15, 0.2) is 0 Å². The second kappa shape index (κ2) is 5.83. The standard InChI is InChI=1S/C13H24N2O2/c1-10(16)11-4-7-15(8-5-11)9-6-13(17)14-12-2-3-12/h10-12,16H,2-9H2,1H3,(H,14,17). The number of likely N-dealkylation sites (tertiary alicyclic amines) is 1. The molecule has 0 aromatic heterocycles. The Kier molecular flexibility index (Phi) is 4.40. The van der Waals surface area contributed by atoms with Crippen molar-refractivity contribution in [2.75, 3.05) is 19.6 Å². The molecule has 1 amide bonds. The molecule has 0 bridgehead atoms. The third-order valence-electron chi connectivity index (χ3n) is 3.91. The zero-order valence-electron chi connectivity index (χ0n) is 10.7. The molecule has 4 heteroatoms. The summed E-state index contributed by atoms with van der Waals surface area (Å²) in [6.07, 6.45) is 4.87. The molecule has 0 aromatic carbocycles. The van der Waals surface area contributed by atoms with Gasteiger partial charge in [0, 0.05) is 19.0 Å². The zero-order chi connectivity index (χ0) is 12.3. The van der Waals surface area contributed by atoms with Crippen molar-refractivity contribution in [2.45, 2.75) is 51.2 Å². The smallest absolute Gasteiger partial charge is 0.221 e. The molecule has 2 rings (SSSR count). The molecule has 98 valence electrons. The van der Waals surface area contributed by atoms with Gasteiger partial charge in [-0.05, 0) is 51.6 Å². The van der Waals surface area contributed by atoms with Crippen molar-refractivity contribution < 1.29 is 9.90 Å². The summed E-state index contributed by atoms with van der Waals surface area (Å²) in [6, 6.07) is 0.475. The van der Waals surface area contributed by atoms with Gasteiger partial charge in [0.25, 0.3) is 0 Å². The van der Waals surface area contributed by atoms with Gasteiger partial charge in [0.05, 0.1) is 6.10 Å². The molecular formula is C13H24N2O2. The molecule has 1 atom stereocenters. The topological polar surface area (TPSA) is 52.6 Å². The fourth-order valence-corrected chi connectivity index (χ4v) is 2.45. The summed E-state index contributed by atoms with van der Waals surface area (Å²) >= 11 is 0. The number of hydrogen-bond donors (Lipinski definition) is 2. The van der Waals surface area contributed by atoms with Gasteiger partial charge in [0.2, 0.25) is 5.91 Å². The van der Waals surface area contributed by atoms with Crippen LogP contribution in [-0.4, -0.2) is 47.7 Å². The highest BCUT2D eigenvalue weighted by Crippen LogP contribution is 2.21. The second-order valence-electron chi connectivity index (χ2n) is 5.51. The first-order chi connectivity index (χ1) is 8.15. The highest BCUT2D eigenvalue weighted by atomic mass is 16.3. The Labute approximate surface area is 103 Å². The minimum absolute atomic E-state index is 0.185. The van der Waals surface area contributed by atoms with Crippen LogP contribution in [0.4, 0.5) is 0 Å². The highest BCUT2D eigenvalue weighted by molar-refractivity contribution is 5.76. The highest BCUT2D eigenvalue weighted by Gasteiger charge is 2.25. The molecule has 1 heterocycles. The Hall–Kier alpha value is -0.610. The van der Waals surface area contributed by atoms with Crippen molar-refractivity contribution in [1.82, 2.24) is 10.2 Å². The predicted octanol–water partition coefficient (Wildman–Crippen LogP) is 0.748. The summed E-state index contributed by atoms with van der Waals surface area (Å²) in [5, 5.41) is 12.5. The SMILES string of the molecule is CC(O)C1CCN(CCC(=O)NC2CC2)CC1. The van der Waals surface area contributed by atoms with E-state index in [9.17, 15) is 9.90 Å². The number of amides is 1. The number of nitrogens with one attached hydrogen (secondary N) is 1. The van der Waals surface area contributed by atoms with Gasteiger partial charge in [-0.15, -0.1) is 0 Å². The van der Waals surface area contributed by atoms with Crippen LogP contribution in [0.25, 0.3) is 0 Å². The van der Waals surface area contributed by atoms with E-state index < -0.39 is 0 Å². The normalized spacial score (nSPS) is 24.6. The van der Waals surface area contributed by atoms with E-state index in [0.29, 0.717) is 18.4 Å². The second-order valence-corrected chi connectivity index (χ2v) is 5.51. The third-order valence-corrected chi connectivity index (χ3v) is 3.91. The average molecular weight is 240 g/mol. The summed E-state index contributed by atoms with van der Waals surface area (Å²) in [4.78, 5) is 13.9. The van der Waals surface area contributed by atoms with Gasteiger partial charge in [0.1, 0.15) is 0 Å². The average Bonchev–Trinajstić information content (AvgIpc) is 3.11. The molecule has 2 aliphatic rings. The lowest BCUT2D eigenvalue weighted by molar-refractivity contribution is -0.121. The van der Waals surface area contributed by atoms with Crippen molar-refractivity contribution in [3.05, 3.63) is 0 Å². The first-order valence-electron chi connectivity index (χ1n) is 6.85. The van der Waals surface area contributed by atoms with Gasteiger partial charge >= 0.3 is 0 Å². The van der Waals surface area contributed by atoms with Crippen molar-refractivity contribution in [3.8, 4) is 0 Å². The van der Waals surface area contributed by atoms with Crippen LogP contribution in [0.2, 0.25) is 0 Å². The maximum Gasteiger partial charge on any atom is 0.221 e. The summed E-state index contributed by atoms with van der Waals surface area (Å²) in [5.74, 6) is 0.650. The monoisotopic (exact) mass is 240 g/mol. The molecule has 2 N–H and O–H groups in total. The Morgan fingerprint density at radius 3 is 2.53 bits per heavy atom. The molecule has 1 aliphatic carbocycles. The Balaban J connectivity index is 1.59. The Bertz CT molecular complexity index is 256. The van der Waals surface area contributed by atoms with E-state index in [-0.39, 0.29) is 12.0 Å². The summed E-state index contributed by atoms with van der Waals surface area (Å²) < 4.78 is 0. The molecule has 1 saturated heterocycles. The van der Waals surface area contributed by atoms with Crippen LogP contribution >= 0.6 is 0 Å².